The van der Waals surface area contributed by atoms with Crippen molar-refractivity contribution in [3.8, 4) is 5.75 Å². The van der Waals surface area contributed by atoms with Crippen LogP contribution in [-0.4, -0.2) is 51.5 Å². The van der Waals surface area contributed by atoms with Crippen LogP contribution >= 0.6 is 15.9 Å². The molecule has 0 spiro atoms. The smallest absolute Gasteiger partial charge is 0.192 e. The molecule has 136 valence electrons. The summed E-state index contributed by atoms with van der Waals surface area (Å²) < 4.78 is 8.67. The Morgan fingerprint density at radius 1 is 1.36 bits per heavy atom. The molecule has 3 heterocycles. The molecular formula is C17H24BrN5O2. The van der Waals surface area contributed by atoms with E-state index >= 15 is 0 Å². The van der Waals surface area contributed by atoms with E-state index < -0.39 is 5.60 Å². The number of imidazole rings is 1. The van der Waals surface area contributed by atoms with Gasteiger partial charge in [-0.25, -0.2) is 9.50 Å². The van der Waals surface area contributed by atoms with Gasteiger partial charge in [-0.1, -0.05) is 0 Å². The highest BCUT2D eigenvalue weighted by Crippen LogP contribution is 2.41. The molecule has 0 unspecified atom stereocenters. The summed E-state index contributed by atoms with van der Waals surface area (Å²) in [4.78, 5) is 6.83. The van der Waals surface area contributed by atoms with Gasteiger partial charge in [-0.05, 0) is 55.5 Å². The van der Waals surface area contributed by atoms with Gasteiger partial charge in [0.2, 0.25) is 0 Å². The molecule has 0 aromatic carbocycles. The second-order valence-electron chi connectivity index (χ2n) is 7.44. The average molecular weight is 410 g/mol. The SMILES string of the molecule is Cc1nc2c3c(c(NC4CCC(C)(O)CC4)nn2c1Br)OCCN3C. The third-order valence-electron chi connectivity index (χ3n) is 5.26. The van der Waals surface area contributed by atoms with Gasteiger partial charge in [-0.15, -0.1) is 5.10 Å². The maximum atomic E-state index is 10.2. The number of aromatic nitrogens is 3. The van der Waals surface area contributed by atoms with Crippen LogP contribution in [0.15, 0.2) is 4.60 Å². The molecule has 8 heteroatoms. The van der Waals surface area contributed by atoms with Crippen molar-refractivity contribution in [2.45, 2.75) is 51.2 Å². The van der Waals surface area contributed by atoms with Gasteiger partial charge in [-0.2, -0.15) is 0 Å². The maximum Gasteiger partial charge on any atom is 0.192 e. The first-order valence-electron chi connectivity index (χ1n) is 8.77. The van der Waals surface area contributed by atoms with Crippen molar-refractivity contribution in [3.63, 3.8) is 0 Å². The molecule has 1 aliphatic carbocycles. The number of aryl methyl sites for hydroxylation is 1. The van der Waals surface area contributed by atoms with Gasteiger partial charge in [0.05, 0.1) is 17.8 Å². The van der Waals surface area contributed by atoms with Crippen LogP contribution in [-0.2, 0) is 0 Å². The van der Waals surface area contributed by atoms with E-state index in [0.717, 1.165) is 65.4 Å². The summed E-state index contributed by atoms with van der Waals surface area (Å²) in [5, 5.41) is 18.5. The van der Waals surface area contributed by atoms with E-state index in [0.29, 0.717) is 6.61 Å². The Labute approximate surface area is 155 Å². The summed E-state index contributed by atoms with van der Waals surface area (Å²) in [6.07, 6.45) is 3.43. The van der Waals surface area contributed by atoms with E-state index in [2.05, 4.69) is 38.2 Å². The Balaban J connectivity index is 1.75. The van der Waals surface area contributed by atoms with Gasteiger partial charge in [0.15, 0.2) is 17.2 Å². The zero-order chi connectivity index (χ0) is 17.8. The number of aliphatic hydroxyl groups is 1. The van der Waals surface area contributed by atoms with Gasteiger partial charge in [0.1, 0.15) is 16.9 Å². The molecule has 1 fully saturated rings. The molecule has 4 rings (SSSR count). The Bertz CT molecular complexity index is 809. The second-order valence-corrected chi connectivity index (χ2v) is 8.19. The molecule has 7 nitrogen and oxygen atoms in total. The zero-order valence-corrected chi connectivity index (χ0v) is 16.4. The van der Waals surface area contributed by atoms with Gasteiger partial charge in [-0.3, -0.25) is 0 Å². The molecule has 2 aromatic rings. The van der Waals surface area contributed by atoms with E-state index in [1.165, 1.54) is 0 Å². The van der Waals surface area contributed by atoms with E-state index in [1.54, 1.807) is 0 Å². The molecule has 2 aliphatic rings. The number of halogens is 1. The lowest BCUT2D eigenvalue weighted by molar-refractivity contribution is 0.0196. The van der Waals surface area contributed by atoms with Crippen molar-refractivity contribution in [2.75, 3.05) is 30.4 Å². The Morgan fingerprint density at radius 3 is 2.80 bits per heavy atom. The van der Waals surface area contributed by atoms with Gasteiger partial charge < -0.3 is 20.1 Å². The fraction of sp³-hybridized carbons (Fsp3) is 0.647. The highest BCUT2D eigenvalue weighted by Gasteiger charge is 2.31. The third kappa shape index (κ3) is 2.95. The number of hydrogen-bond acceptors (Lipinski definition) is 6. The number of likely N-dealkylation sites (N-methyl/N-ethyl adjacent to an activating group) is 1. The molecule has 0 atom stereocenters. The van der Waals surface area contributed by atoms with E-state index in [-0.39, 0.29) is 6.04 Å². The topological polar surface area (TPSA) is 74.9 Å². The van der Waals surface area contributed by atoms with Crippen molar-refractivity contribution in [1.82, 2.24) is 14.6 Å². The van der Waals surface area contributed by atoms with Crippen molar-refractivity contribution in [1.29, 1.82) is 0 Å². The van der Waals surface area contributed by atoms with Crippen LogP contribution in [0.3, 0.4) is 0 Å². The van der Waals surface area contributed by atoms with E-state index in [1.807, 2.05) is 18.4 Å². The zero-order valence-electron chi connectivity index (χ0n) is 14.8. The highest BCUT2D eigenvalue weighted by molar-refractivity contribution is 9.10. The lowest BCUT2D eigenvalue weighted by Gasteiger charge is -2.35. The molecule has 0 amide bonds. The summed E-state index contributed by atoms with van der Waals surface area (Å²) >= 11 is 3.59. The number of nitrogens with zero attached hydrogens (tertiary/aromatic N) is 4. The Morgan fingerprint density at radius 2 is 2.08 bits per heavy atom. The standard InChI is InChI=1S/C17H24BrN5O2/c1-10-14(18)23-16(19-10)12-13(25-9-8-22(12)3)15(21-23)20-11-4-6-17(2,24)7-5-11/h11,24H,4-9H2,1-3H3,(H,20,21). The lowest BCUT2D eigenvalue weighted by Crippen LogP contribution is -2.36. The van der Waals surface area contributed by atoms with Crippen molar-refractivity contribution < 1.29 is 9.84 Å². The Kier molecular flexibility index (Phi) is 4.07. The molecule has 0 radical (unpaired) electrons. The predicted molar refractivity (Wildman–Crippen MR) is 101 cm³/mol. The molecule has 2 aromatic heterocycles. The fourth-order valence-corrected chi connectivity index (χ4v) is 3.99. The van der Waals surface area contributed by atoms with Crippen LogP contribution in [0.4, 0.5) is 11.5 Å². The van der Waals surface area contributed by atoms with Crippen LogP contribution in [0.2, 0.25) is 0 Å². The minimum absolute atomic E-state index is 0.286. The van der Waals surface area contributed by atoms with E-state index in [9.17, 15) is 5.11 Å². The summed E-state index contributed by atoms with van der Waals surface area (Å²) in [5.74, 6) is 1.52. The Hall–Kier alpha value is -1.54. The summed E-state index contributed by atoms with van der Waals surface area (Å²) in [7, 11) is 2.06. The van der Waals surface area contributed by atoms with E-state index in [4.69, 9.17) is 9.84 Å². The van der Waals surface area contributed by atoms with Crippen LogP contribution in [0, 0.1) is 6.92 Å². The monoisotopic (exact) mass is 409 g/mol. The number of ether oxygens (including phenoxy) is 1. The minimum Gasteiger partial charge on any atom is -0.486 e. The van der Waals surface area contributed by atoms with Crippen molar-refractivity contribution in [3.05, 3.63) is 10.3 Å². The molecule has 0 saturated heterocycles. The summed E-state index contributed by atoms with van der Waals surface area (Å²) in [6, 6.07) is 0.286. The lowest BCUT2D eigenvalue weighted by atomic mass is 9.84. The number of hydrogen-bond donors (Lipinski definition) is 2. The predicted octanol–water partition coefficient (Wildman–Crippen LogP) is 2.73. The van der Waals surface area contributed by atoms with Crippen LogP contribution in [0.5, 0.6) is 5.75 Å². The molecule has 1 aliphatic heterocycles. The second kappa shape index (κ2) is 6.02. The highest BCUT2D eigenvalue weighted by atomic mass is 79.9. The molecule has 0 bridgehead atoms. The normalized spacial score (nSPS) is 26.4. The summed E-state index contributed by atoms with van der Waals surface area (Å²) in [6.45, 7) is 5.34. The third-order valence-corrected chi connectivity index (χ3v) is 6.17. The van der Waals surface area contributed by atoms with Crippen LogP contribution < -0.4 is 15.0 Å². The number of nitrogens with one attached hydrogen (secondary N) is 1. The van der Waals surface area contributed by atoms with Crippen LogP contribution in [0.25, 0.3) is 5.65 Å². The van der Waals surface area contributed by atoms with Gasteiger partial charge >= 0.3 is 0 Å². The first-order chi connectivity index (χ1) is 11.9. The minimum atomic E-state index is -0.545. The number of anilines is 2. The molecule has 25 heavy (non-hydrogen) atoms. The quantitative estimate of drug-likeness (QED) is 0.793. The molecule has 1 saturated carbocycles. The first kappa shape index (κ1) is 16.9. The van der Waals surface area contributed by atoms with Crippen molar-refractivity contribution >= 4 is 33.1 Å². The van der Waals surface area contributed by atoms with Gasteiger partial charge in [0.25, 0.3) is 0 Å². The van der Waals surface area contributed by atoms with Crippen LogP contribution in [0.1, 0.15) is 38.3 Å². The largest absolute Gasteiger partial charge is 0.486 e. The fourth-order valence-electron chi connectivity index (χ4n) is 3.65. The number of fused-ring (bicyclic) bond motifs is 3. The maximum absolute atomic E-state index is 10.2. The summed E-state index contributed by atoms with van der Waals surface area (Å²) in [5.41, 5.74) is 2.13. The first-order valence-corrected chi connectivity index (χ1v) is 9.57. The van der Waals surface area contributed by atoms with Gasteiger partial charge in [0, 0.05) is 13.1 Å². The molecular weight excluding hydrogens is 386 g/mol. The average Bonchev–Trinajstić information content (AvgIpc) is 2.85. The van der Waals surface area contributed by atoms with Crippen molar-refractivity contribution in [2.24, 2.45) is 0 Å². The number of rotatable bonds is 2. The molecule has 2 N–H and O–H groups in total.